The Morgan fingerprint density at radius 3 is 2.64 bits per heavy atom. The second kappa shape index (κ2) is 5.45. The molecule has 1 heterocycles. The lowest BCUT2D eigenvalue weighted by Crippen LogP contribution is -2.47. The third kappa shape index (κ3) is 2.16. The van der Waals surface area contributed by atoms with Gasteiger partial charge in [-0.25, -0.2) is 0 Å². The molecule has 1 spiro atoms. The van der Waals surface area contributed by atoms with E-state index in [4.69, 9.17) is 9.47 Å². The van der Waals surface area contributed by atoms with E-state index in [0.29, 0.717) is 5.41 Å². The molecular formula is C23H34O2. The number of ether oxygens (including phenoxy) is 2. The van der Waals surface area contributed by atoms with E-state index in [0.717, 1.165) is 43.8 Å². The van der Waals surface area contributed by atoms with E-state index < -0.39 is 0 Å². The number of hydrogen-bond donors (Lipinski definition) is 0. The molecule has 2 heteroatoms. The summed E-state index contributed by atoms with van der Waals surface area (Å²) in [4.78, 5) is 0. The third-order valence-electron chi connectivity index (χ3n) is 8.99. The molecule has 25 heavy (non-hydrogen) atoms. The molecule has 0 bridgehead atoms. The first kappa shape index (κ1) is 16.6. The number of hydrogen-bond acceptors (Lipinski definition) is 2. The summed E-state index contributed by atoms with van der Waals surface area (Å²) in [5.41, 5.74) is 4.22. The summed E-state index contributed by atoms with van der Waals surface area (Å²) in [6.45, 7) is 9.07. The van der Waals surface area contributed by atoms with Gasteiger partial charge in [0.2, 0.25) is 0 Å². The van der Waals surface area contributed by atoms with Crippen molar-refractivity contribution in [1.29, 1.82) is 0 Å². The first-order valence-corrected chi connectivity index (χ1v) is 10.7. The summed E-state index contributed by atoms with van der Waals surface area (Å²) >= 11 is 0. The lowest BCUT2D eigenvalue weighted by Gasteiger charge is -2.54. The highest BCUT2D eigenvalue weighted by Gasteiger charge is 2.57. The Balaban J connectivity index is 1.48. The predicted octanol–water partition coefficient (Wildman–Crippen LogP) is 5.64. The van der Waals surface area contributed by atoms with Gasteiger partial charge >= 0.3 is 0 Å². The summed E-state index contributed by atoms with van der Waals surface area (Å²) in [5.74, 6) is 2.34. The van der Waals surface area contributed by atoms with E-state index in [1.165, 1.54) is 38.5 Å². The summed E-state index contributed by atoms with van der Waals surface area (Å²) in [5, 5.41) is 0. The van der Waals surface area contributed by atoms with E-state index in [1.807, 2.05) is 0 Å². The van der Waals surface area contributed by atoms with Crippen LogP contribution in [-0.2, 0) is 9.47 Å². The quantitative estimate of drug-likeness (QED) is 0.574. The van der Waals surface area contributed by atoms with Gasteiger partial charge < -0.3 is 9.47 Å². The molecule has 3 fully saturated rings. The molecule has 0 amide bonds. The van der Waals surface area contributed by atoms with Gasteiger partial charge in [-0.15, -0.1) is 0 Å². The van der Waals surface area contributed by atoms with Crippen molar-refractivity contribution in [3.63, 3.8) is 0 Å². The van der Waals surface area contributed by atoms with Gasteiger partial charge in [-0.3, -0.25) is 0 Å². The van der Waals surface area contributed by atoms with E-state index in [9.17, 15) is 0 Å². The smallest absolute Gasteiger partial charge is 0.172 e. The molecule has 0 N–H and O–H groups in total. The van der Waals surface area contributed by atoms with Crippen LogP contribution in [0, 0.1) is 28.6 Å². The molecule has 5 rings (SSSR count). The second-order valence-electron chi connectivity index (χ2n) is 9.85. The SMILES string of the molecule is CC[C@H]1CC[C@H]2[C@@H]3CC=C4CC5(CC[C@]4(C)C3=CC[C@]12C)OCCO5. The maximum Gasteiger partial charge on any atom is 0.172 e. The van der Waals surface area contributed by atoms with Crippen molar-refractivity contribution in [2.45, 2.75) is 77.9 Å². The molecule has 4 aliphatic carbocycles. The molecule has 0 aromatic heterocycles. The highest BCUT2D eigenvalue weighted by molar-refractivity contribution is 5.40. The summed E-state index contributed by atoms with van der Waals surface area (Å²) in [6.07, 6.45) is 15.4. The van der Waals surface area contributed by atoms with E-state index in [2.05, 4.69) is 32.9 Å². The minimum absolute atomic E-state index is 0.273. The second-order valence-corrected chi connectivity index (χ2v) is 9.85. The van der Waals surface area contributed by atoms with Gasteiger partial charge in [0.25, 0.3) is 0 Å². The normalized spacial score (nSPS) is 47.7. The van der Waals surface area contributed by atoms with Crippen LogP contribution in [-0.4, -0.2) is 19.0 Å². The van der Waals surface area contributed by atoms with Crippen LogP contribution in [0.4, 0.5) is 0 Å². The average molecular weight is 343 g/mol. The standard InChI is InChI=1S/C23H34O2/c1-4-16-6-8-19-18-7-5-17-15-23(24-13-14-25-23)12-11-22(17,3)20(18)9-10-21(16,19)2/h5,9,16,18-19H,4,6-8,10-15H2,1-3H3/t16-,18-,19-,21+,22-/m0/s1. The molecular weight excluding hydrogens is 308 g/mol. The topological polar surface area (TPSA) is 18.5 Å². The van der Waals surface area contributed by atoms with Gasteiger partial charge in [0, 0.05) is 18.3 Å². The van der Waals surface area contributed by atoms with Crippen LogP contribution in [0.5, 0.6) is 0 Å². The first-order chi connectivity index (χ1) is 12.0. The largest absolute Gasteiger partial charge is 0.347 e. The Morgan fingerprint density at radius 2 is 1.88 bits per heavy atom. The van der Waals surface area contributed by atoms with Crippen LogP contribution < -0.4 is 0 Å². The number of allylic oxidation sites excluding steroid dienone is 3. The zero-order chi connectivity index (χ0) is 17.3. The zero-order valence-corrected chi connectivity index (χ0v) is 16.3. The van der Waals surface area contributed by atoms with E-state index in [-0.39, 0.29) is 11.2 Å². The molecule has 0 aromatic rings. The molecule has 138 valence electrons. The van der Waals surface area contributed by atoms with Gasteiger partial charge in [-0.2, -0.15) is 0 Å². The molecule has 5 aliphatic rings. The number of fused-ring (bicyclic) bond motifs is 5. The summed E-state index contributed by atoms with van der Waals surface area (Å²) < 4.78 is 12.1. The Kier molecular flexibility index (Phi) is 3.61. The molecule has 1 saturated heterocycles. The first-order valence-electron chi connectivity index (χ1n) is 10.7. The van der Waals surface area contributed by atoms with Gasteiger partial charge in [0.1, 0.15) is 0 Å². The molecule has 1 aliphatic heterocycles. The highest BCUT2D eigenvalue weighted by Crippen LogP contribution is 2.65. The lowest BCUT2D eigenvalue weighted by atomic mass is 9.51. The minimum Gasteiger partial charge on any atom is -0.347 e. The highest BCUT2D eigenvalue weighted by atomic mass is 16.7. The van der Waals surface area contributed by atoms with Crippen molar-refractivity contribution in [2.24, 2.45) is 28.6 Å². The van der Waals surface area contributed by atoms with Crippen LogP contribution in [0.25, 0.3) is 0 Å². The predicted molar refractivity (Wildman–Crippen MR) is 100 cm³/mol. The Hall–Kier alpha value is -0.600. The molecule has 2 nitrogen and oxygen atoms in total. The fourth-order valence-corrected chi connectivity index (χ4v) is 7.43. The number of rotatable bonds is 1. The van der Waals surface area contributed by atoms with E-state index in [1.54, 1.807) is 11.1 Å². The summed E-state index contributed by atoms with van der Waals surface area (Å²) in [6, 6.07) is 0. The Morgan fingerprint density at radius 1 is 1.08 bits per heavy atom. The summed E-state index contributed by atoms with van der Waals surface area (Å²) in [7, 11) is 0. The van der Waals surface area contributed by atoms with Gasteiger partial charge in [-0.05, 0) is 55.3 Å². The van der Waals surface area contributed by atoms with Crippen molar-refractivity contribution in [2.75, 3.05) is 13.2 Å². The maximum absolute atomic E-state index is 6.04. The van der Waals surface area contributed by atoms with E-state index >= 15 is 0 Å². The molecule has 0 radical (unpaired) electrons. The van der Waals surface area contributed by atoms with Crippen molar-refractivity contribution < 1.29 is 9.47 Å². The van der Waals surface area contributed by atoms with Crippen LogP contribution in [0.3, 0.4) is 0 Å². The molecule has 5 atom stereocenters. The van der Waals surface area contributed by atoms with Gasteiger partial charge in [0.15, 0.2) is 5.79 Å². The van der Waals surface area contributed by atoms with Gasteiger partial charge in [-0.1, -0.05) is 50.5 Å². The average Bonchev–Trinajstić information content (AvgIpc) is 3.19. The fraction of sp³-hybridized carbons (Fsp3) is 0.826. The van der Waals surface area contributed by atoms with Crippen molar-refractivity contribution in [1.82, 2.24) is 0 Å². The van der Waals surface area contributed by atoms with Crippen molar-refractivity contribution >= 4 is 0 Å². The fourth-order valence-electron chi connectivity index (χ4n) is 7.43. The molecule has 0 aromatic carbocycles. The van der Waals surface area contributed by atoms with Crippen LogP contribution in [0.1, 0.15) is 72.1 Å². The zero-order valence-electron chi connectivity index (χ0n) is 16.3. The van der Waals surface area contributed by atoms with Gasteiger partial charge in [0.05, 0.1) is 13.2 Å². The van der Waals surface area contributed by atoms with Crippen molar-refractivity contribution in [3.05, 3.63) is 23.3 Å². The Bertz CT molecular complexity index is 626. The minimum atomic E-state index is -0.289. The monoisotopic (exact) mass is 342 g/mol. The van der Waals surface area contributed by atoms with Crippen LogP contribution in [0.15, 0.2) is 23.3 Å². The van der Waals surface area contributed by atoms with Crippen molar-refractivity contribution in [3.8, 4) is 0 Å². The Labute approximate surface area is 153 Å². The molecule has 0 unspecified atom stereocenters. The van der Waals surface area contributed by atoms with Crippen LogP contribution in [0.2, 0.25) is 0 Å². The third-order valence-corrected chi connectivity index (χ3v) is 8.99. The maximum atomic E-state index is 6.04. The van der Waals surface area contributed by atoms with Crippen LogP contribution >= 0.6 is 0 Å². The lowest BCUT2D eigenvalue weighted by molar-refractivity contribution is -0.175. The molecule has 2 saturated carbocycles.